The van der Waals surface area contributed by atoms with E-state index in [9.17, 15) is 9.59 Å². The Morgan fingerprint density at radius 1 is 1.26 bits per heavy atom. The molecule has 0 atom stereocenters. The number of fused-ring (bicyclic) bond motifs is 1. The van der Waals surface area contributed by atoms with Gasteiger partial charge in [-0.2, -0.15) is 4.52 Å². The van der Waals surface area contributed by atoms with Gasteiger partial charge in [0.05, 0.1) is 0 Å². The molecule has 1 aliphatic heterocycles. The van der Waals surface area contributed by atoms with Crippen molar-refractivity contribution in [1.29, 1.82) is 0 Å². The molecule has 1 amide bonds. The van der Waals surface area contributed by atoms with Crippen molar-refractivity contribution >= 4 is 11.7 Å². The summed E-state index contributed by atoms with van der Waals surface area (Å²) in [5.74, 6) is -0.0561. The maximum atomic E-state index is 13.3. The molecule has 0 radical (unpaired) electrons. The van der Waals surface area contributed by atoms with Crippen molar-refractivity contribution in [1.82, 2.24) is 34.4 Å². The summed E-state index contributed by atoms with van der Waals surface area (Å²) in [6, 6.07) is 3.85. The second-order valence-electron chi connectivity index (χ2n) is 6.82. The first kappa shape index (κ1) is 17.3. The molecule has 0 aromatic carbocycles. The van der Waals surface area contributed by atoms with Gasteiger partial charge in [0, 0.05) is 31.2 Å². The predicted molar refractivity (Wildman–Crippen MR) is 98.2 cm³/mol. The van der Waals surface area contributed by atoms with Gasteiger partial charge < -0.3 is 9.80 Å². The van der Waals surface area contributed by atoms with Crippen molar-refractivity contribution < 1.29 is 4.79 Å². The van der Waals surface area contributed by atoms with E-state index in [0.29, 0.717) is 6.54 Å². The van der Waals surface area contributed by atoms with Crippen LogP contribution in [0.5, 0.6) is 0 Å². The van der Waals surface area contributed by atoms with Crippen LogP contribution in [-0.2, 0) is 6.54 Å². The summed E-state index contributed by atoms with van der Waals surface area (Å²) < 4.78 is 1.19. The molecule has 0 saturated carbocycles. The van der Waals surface area contributed by atoms with Gasteiger partial charge in [0.2, 0.25) is 0 Å². The maximum absolute atomic E-state index is 13.3. The number of carbonyl (C=O) groups excluding carboxylic acids is 1. The fourth-order valence-electron chi connectivity index (χ4n) is 3.46. The molecule has 27 heavy (non-hydrogen) atoms. The van der Waals surface area contributed by atoms with Crippen LogP contribution in [0.4, 0.5) is 0 Å². The molecular weight excluding hydrogens is 346 g/mol. The third kappa shape index (κ3) is 3.45. The number of aromatic amines is 1. The summed E-state index contributed by atoms with van der Waals surface area (Å²) in [7, 11) is 2.08. The first-order chi connectivity index (χ1) is 13.1. The largest absolute Gasteiger partial charge is 0.331 e. The smallest absolute Gasteiger partial charge is 0.286 e. The van der Waals surface area contributed by atoms with Crippen LogP contribution >= 0.6 is 0 Å². The Labute approximate surface area is 155 Å². The Morgan fingerprint density at radius 3 is 2.74 bits per heavy atom. The molecule has 1 aliphatic rings. The van der Waals surface area contributed by atoms with Gasteiger partial charge in [-0.25, -0.2) is 9.97 Å². The van der Waals surface area contributed by atoms with Crippen LogP contribution in [0.25, 0.3) is 5.78 Å². The topological polar surface area (TPSA) is 99.5 Å². The summed E-state index contributed by atoms with van der Waals surface area (Å²) in [6.07, 6.45) is 7.86. The average molecular weight is 367 g/mol. The fraction of sp³-hybridized carbons (Fsp3) is 0.389. The minimum Gasteiger partial charge on any atom is -0.331 e. The highest BCUT2D eigenvalue weighted by Gasteiger charge is 2.29. The van der Waals surface area contributed by atoms with E-state index in [1.54, 1.807) is 17.3 Å². The standard InChI is InChI=1S/C18H21N7O2/c1-23-8-4-14(5-9-23)24(11-13-2-6-19-7-3-13)16(26)15-10-20-18-21-12-22-25(18)17(15)27/h2-3,6-7,10,12,14H,4-5,8-9,11H2,1H3,(H,20,21,22). The summed E-state index contributed by atoms with van der Waals surface area (Å²) in [5, 5.41) is 2.70. The number of H-pyrrole nitrogens is 1. The summed E-state index contributed by atoms with van der Waals surface area (Å²) in [4.78, 5) is 42.2. The van der Waals surface area contributed by atoms with Crippen LogP contribution in [0.3, 0.4) is 0 Å². The van der Waals surface area contributed by atoms with Crippen molar-refractivity contribution in [2.45, 2.75) is 25.4 Å². The van der Waals surface area contributed by atoms with E-state index in [4.69, 9.17) is 0 Å². The molecule has 4 heterocycles. The molecule has 0 spiro atoms. The van der Waals surface area contributed by atoms with E-state index in [0.717, 1.165) is 31.5 Å². The summed E-state index contributed by atoms with van der Waals surface area (Å²) in [6.45, 7) is 2.27. The first-order valence-electron chi connectivity index (χ1n) is 8.93. The van der Waals surface area contributed by atoms with Crippen molar-refractivity contribution in [3.8, 4) is 0 Å². The quantitative estimate of drug-likeness (QED) is 0.723. The molecular formula is C18H21N7O2. The average Bonchev–Trinajstić information content (AvgIpc) is 3.17. The zero-order valence-corrected chi connectivity index (χ0v) is 15.1. The van der Waals surface area contributed by atoms with Crippen LogP contribution in [-0.4, -0.2) is 66.5 Å². The highest BCUT2D eigenvalue weighted by molar-refractivity contribution is 5.94. The highest BCUT2D eigenvalue weighted by Crippen LogP contribution is 2.20. The second kappa shape index (κ2) is 7.28. The van der Waals surface area contributed by atoms with E-state index in [1.807, 2.05) is 12.1 Å². The van der Waals surface area contributed by atoms with Crippen LogP contribution < -0.4 is 5.56 Å². The molecule has 3 aromatic heterocycles. The number of aromatic nitrogens is 5. The van der Waals surface area contributed by atoms with Gasteiger partial charge in [0.25, 0.3) is 17.2 Å². The van der Waals surface area contributed by atoms with E-state index >= 15 is 0 Å². The van der Waals surface area contributed by atoms with E-state index in [-0.39, 0.29) is 23.3 Å². The van der Waals surface area contributed by atoms with Crippen LogP contribution in [0, 0.1) is 0 Å². The van der Waals surface area contributed by atoms with E-state index < -0.39 is 5.56 Å². The second-order valence-corrected chi connectivity index (χ2v) is 6.82. The lowest BCUT2D eigenvalue weighted by molar-refractivity contribution is 0.0567. The van der Waals surface area contributed by atoms with Crippen molar-refractivity contribution in [3.63, 3.8) is 0 Å². The minimum absolute atomic E-state index is 0.0461. The monoisotopic (exact) mass is 367 g/mol. The Balaban J connectivity index is 1.68. The molecule has 1 N–H and O–H groups in total. The molecule has 0 aliphatic carbocycles. The third-order valence-corrected chi connectivity index (χ3v) is 5.03. The SMILES string of the molecule is CN1CCC(N(Cc2ccncc2)C(=O)c2cnc3nc[nH]n3c2=O)CC1. The van der Waals surface area contributed by atoms with Gasteiger partial charge >= 0.3 is 0 Å². The molecule has 0 bridgehead atoms. The first-order valence-corrected chi connectivity index (χ1v) is 8.93. The number of piperidine rings is 1. The predicted octanol–water partition coefficient (Wildman–Crippen LogP) is 0.549. The Hall–Kier alpha value is -3.07. The Kier molecular flexibility index (Phi) is 4.68. The molecule has 1 saturated heterocycles. The molecule has 1 fully saturated rings. The van der Waals surface area contributed by atoms with E-state index in [2.05, 4.69) is 32.0 Å². The van der Waals surface area contributed by atoms with Gasteiger partial charge in [-0.1, -0.05) is 0 Å². The van der Waals surface area contributed by atoms with Crippen LogP contribution in [0.15, 0.2) is 41.8 Å². The van der Waals surface area contributed by atoms with Gasteiger partial charge in [-0.05, 0) is 50.7 Å². The van der Waals surface area contributed by atoms with Gasteiger partial charge in [0.15, 0.2) is 0 Å². The molecule has 9 heteroatoms. The number of amides is 1. The zero-order chi connectivity index (χ0) is 18.8. The fourth-order valence-corrected chi connectivity index (χ4v) is 3.46. The normalized spacial score (nSPS) is 15.9. The number of nitrogens with zero attached hydrogens (tertiary/aromatic N) is 6. The lowest BCUT2D eigenvalue weighted by Gasteiger charge is -2.37. The number of likely N-dealkylation sites (tertiary alicyclic amines) is 1. The molecule has 140 valence electrons. The molecule has 4 rings (SSSR count). The van der Waals surface area contributed by atoms with Crippen molar-refractivity contribution in [2.24, 2.45) is 0 Å². The third-order valence-electron chi connectivity index (χ3n) is 5.03. The van der Waals surface area contributed by atoms with Crippen molar-refractivity contribution in [3.05, 3.63) is 58.5 Å². The number of pyridine rings is 1. The van der Waals surface area contributed by atoms with Crippen molar-refractivity contribution in [2.75, 3.05) is 20.1 Å². The Morgan fingerprint density at radius 2 is 2.00 bits per heavy atom. The molecule has 3 aromatic rings. The van der Waals surface area contributed by atoms with Gasteiger partial charge in [-0.15, -0.1) is 0 Å². The lowest BCUT2D eigenvalue weighted by Crippen LogP contribution is -2.47. The number of hydrogen-bond donors (Lipinski definition) is 1. The Bertz CT molecular complexity index is 990. The lowest BCUT2D eigenvalue weighted by atomic mass is 10.0. The number of nitrogens with one attached hydrogen (secondary N) is 1. The van der Waals surface area contributed by atoms with E-state index in [1.165, 1.54) is 17.0 Å². The molecule has 9 nitrogen and oxygen atoms in total. The molecule has 0 unspecified atom stereocenters. The van der Waals surface area contributed by atoms with Crippen LogP contribution in [0.1, 0.15) is 28.8 Å². The summed E-state index contributed by atoms with van der Waals surface area (Å²) in [5.41, 5.74) is 0.591. The number of carbonyl (C=O) groups is 1. The summed E-state index contributed by atoms with van der Waals surface area (Å²) >= 11 is 0. The van der Waals surface area contributed by atoms with Gasteiger partial charge in [0.1, 0.15) is 11.9 Å². The number of rotatable bonds is 4. The maximum Gasteiger partial charge on any atom is 0.286 e. The zero-order valence-electron chi connectivity index (χ0n) is 15.1. The number of hydrogen-bond acceptors (Lipinski definition) is 6. The minimum atomic E-state index is -0.435. The van der Waals surface area contributed by atoms with Crippen LogP contribution in [0.2, 0.25) is 0 Å². The van der Waals surface area contributed by atoms with Gasteiger partial charge in [-0.3, -0.25) is 19.7 Å². The highest BCUT2D eigenvalue weighted by atomic mass is 16.2.